The summed E-state index contributed by atoms with van der Waals surface area (Å²) in [5.41, 5.74) is -1.96. The quantitative estimate of drug-likeness (QED) is 0.655. The number of likely N-dealkylation sites (tertiary alicyclic amines) is 1. The normalized spacial score (nSPS) is 23.0. The van der Waals surface area contributed by atoms with E-state index in [2.05, 4.69) is 15.6 Å². The zero-order chi connectivity index (χ0) is 24.1. The van der Waals surface area contributed by atoms with Crippen molar-refractivity contribution in [2.45, 2.75) is 51.2 Å². The van der Waals surface area contributed by atoms with Gasteiger partial charge in [-0.15, -0.1) is 0 Å². The number of hydrogen-bond donors (Lipinski definition) is 2. The highest BCUT2D eigenvalue weighted by Gasteiger charge is 2.43. The van der Waals surface area contributed by atoms with Gasteiger partial charge in [-0.05, 0) is 44.7 Å². The van der Waals surface area contributed by atoms with Crippen LogP contribution in [-0.2, 0) is 20.5 Å². The summed E-state index contributed by atoms with van der Waals surface area (Å²) < 4.78 is 44.4. The van der Waals surface area contributed by atoms with Crippen molar-refractivity contribution in [2.24, 2.45) is 5.41 Å². The number of ether oxygens (including phenoxy) is 1. The molecule has 2 aliphatic heterocycles. The Kier molecular flexibility index (Phi) is 7.93. The maximum atomic E-state index is 13.2. The zero-order valence-electron chi connectivity index (χ0n) is 18.5. The Morgan fingerprint density at radius 3 is 2.61 bits per heavy atom. The molecule has 0 unspecified atom stereocenters. The SMILES string of the molecule is C[C@@H]1NC(=O)C2(CCCCOCCNC1=O)CCN(C(=O)c1ccnc(C(F)(F)F)c1)CC2. The molecule has 0 aliphatic carbocycles. The van der Waals surface area contributed by atoms with Crippen LogP contribution < -0.4 is 10.6 Å². The van der Waals surface area contributed by atoms with E-state index in [0.29, 0.717) is 39.0 Å². The van der Waals surface area contributed by atoms with Crippen LogP contribution in [0.3, 0.4) is 0 Å². The first-order valence-electron chi connectivity index (χ1n) is 11.1. The maximum absolute atomic E-state index is 13.2. The van der Waals surface area contributed by atoms with Crippen LogP contribution >= 0.6 is 0 Å². The van der Waals surface area contributed by atoms with E-state index in [0.717, 1.165) is 25.1 Å². The highest BCUT2D eigenvalue weighted by Crippen LogP contribution is 2.38. The van der Waals surface area contributed by atoms with E-state index < -0.39 is 29.2 Å². The van der Waals surface area contributed by atoms with Crippen LogP contribution in [0.1, 0.15) is 55.1 Å². The number of rotatable bonds is 1. The van der Waals surface area contributed by atoms with Crippen LogP contribution in [0.4, 0.5) is 13.2 Å². The summed E-state index contributed by atoms with van der Waals surface area (Å²) in [7, 11) is 0. The Hall–Kier alpha value is -2.69. The minimum absolute atomic E-state index is 0.0879. The number of pyridine rings is 1. The lowest BCUT2D eigenvalue weighted by atomic mass is 9.73. The van der Waals surface area contributed by atoms with Crippen LogP contribution in [-0.4, -0.2) is 66.5 Å². The van der Waals surface area contributed by atoms with Crippen molar-refractivity contribution in [1.29, 1.82) is 0 Å². The van der Waals surface area contributed by atoms with Gasteiger partial charge in [0.15, 0.2) is 0 Å². The fourth-order valence-corrected chi connectivity index (χ4v) is 4.21. The Balaban J connectivity index is 1.71. The smallest absolute Gasteiger partial charge is 0.380 e. The lowest BCUT2D eigenvalue weighted by Crippen LogP contribution is -2.54. The molecule has 2 aliphatic rings. The molecule has 33 heavy (non-hydrogen) atoms. The van der Waals surface area contributed by atoms with Crippen molar-refractivity contribution in [1.82, 2.24) is 20.5 Å². The number of carbonyl (C=O) groups excluding carboxylic acids is 3. The third-order valence-corrected chi connectivity index (χ3v) is 6.27. The molecule has 1 aromatic heterocycles. The Labute approximate surface area is 190 Å². The van der Waals surface area contributed by atoms with Gasteiger partial charge in [-0.2, -0.15) is 13.2 Å². The van der Waals surface area contributed by atoms with Gasteiger partial charge < -0.3 is 20.3 Å². The first kappa shape index (κ1) is 24.9. The molecule has 0 bridgehead atoms. The summed E-state index contributed by atoms with van der Waals surface area (Å²) >= 11 is 0. The highest BCUT2D eigenvalue weighted by atomic mass is 19.4. The Morgan fingerprint density at radius 2 is 1.91 bits per heavy atom. The average molecular weight is 470 g/mol. The first-order valence-corrected chi connectivity index (χ1v) is 11.1. The molecule has 1 aromatic rings. The number of nitrogens with zero attached hydrogens (tertiary/aromatic N) is 2. The molecule has 11 heteroatoms. The van der Waals surface area contributed by atoms with Crippen molar-refractivity contribution in [2.75, 3.05) is 32.8 Å². The largest absolute Gasteiger partial charge is 0.433 e. The van der Waals surface area contributed by atoms with Gasteiger partial charge in [0.2, 0.25) is 11.8 Å². The average Bonchev–Trinajstić information content (AvgIpc) is 2.80. The summed E-state index contributed by atoms with van der Waals surface area (Å²) in [4.78, 5) is 43.0. The molecule has 3 amide bonds. The molecule has 3 rings (SSSR count). The predicted octanol–water partition coefficient (Wildman–Crippen LogP) is 2.14. The minimum Gasteiger partial charge on any atom is -0.380 e. The second-order valence-corrected chi connectivity index (χ2v) is 8.56. The molecule has 0 radical (unpaired) electrons. The van der Waals surface area contributed by atoms with Crippen molar-refractivity contribution in [3.8, 4) is 0 Å². The standard InChI is InChI=1S/C22H29F3N4O4/c1-15-18(30)27-9-13-33-12-3-2-5-21(20(32)28-15)6-10-29(11-7-21)19(31)16-4-8-26-17(14-16)22(23,24)25/h4,8,14-15H,2-3,5-7,9-13H2,1H3,(H,27,30)(H,28,32)/t15-/m0/s1. The third-order valence-electron chi connectivity index (χ3n) is 6.27. The number of aromatic nitrogens is 1. The molecule has 3 heterocycles. The lowest BCUT2D eigenvalue weighted by Gasteiger charge is -2.41. The lowest BCUT2D eigenvalue weighted by molar-refractivity contribution is -0.141. The number of carbonyl (C=O) groups is 3. The van der Waals surface area contributed by atoms with E-state index in [4.69, 9.17) is 4.74 Å². The van der Waals surface area contributed by atoms with Crippen molar-refractivity contribution >= 4 is 17.7 Å². The molecule has 2 saturated heterocycles. The second kappa shape index (κ2) is 10.5. The Bertz CT molecular complexity index is 869. The van der Waals surface area contributed by atoms with Gasteiger partial charge in [0.1, 0.15) is 11.7 Å². The molecule has 2 N–H and O–H groups in total. The fraction of sp³-hybridized carbons (Fsp3) is 0.636. The predicted molar refractivity (Wildman–Crippen MR) is 112 cm³/mol. The molecule has 1 atom stereocenters. The highest BCUT2D eigenvalue weighted by molar-refractivity contribution is 5.95. The van der Waals surface area contributed by atoms with Gasteiger partial charge in [0, 0.05) is 38.0 Å². The summed E-state index contributed by atoms with van der Waals surface area (Å²) in [5.74, 6) is -1.06. The number of piperidine rings is 1. The van der Waals surface area contributed by atoms with Crippen molar-refractivity contribution < 1.29 is 32.3 Å². The molecule has 0 aromatic carbocycles. The van der Waals surface area contributed by atoms with E-state index in [-0.39, 0.29) is 30.5 Å². The third kappa shape index (κ3) is 6.21. The second-order valence-electron chi connectivity index (χ2n) is 8.56. The van der Waals surface area contributed by atoms with Gasteiger partial charge in [-0.1, -0.05) is 6.42 Å². The maximum Gasteiger partial charge on any atom is 0.433 e. The summed E-state index contributed by atoms with van der Waals surface area (Å²) in [6.07, 6.45) is -0.868. The molecule has 182 valence electrons. The molecule has 0 saturated carbocycles. The van der Waals surface area contributed by atoms with Crippen molar-refractivity contribution in [3.63, 3.8) is 0 Å². The van der Waals surface area contributed by atoms with Crippen LogP contribution in [0, 0.1) is 5.41 Å². The minimum atomic E-state index is -4.64. The number of hydrogen-bond acceptors (Lipinski definition) is 5. The van der Waals surface area contributed by atoms with Crippen molar-refractivity contribution in [3.05, 3.63) is 29.6 Å². The van der Waals surface area contributed by atoms with Crippen LogP contribution in [0.5, 0.6) is 0 Å². The molecule has 2 fully saturated rings. The Morgan fingerprint density at radius 1 is 1.18 bits per heavy atom. The summed E-state index contributed by atoms with van der Waals surface area (Å²) in [5, 5.41) is 5.52. The van der Waals surface area contributed by atoms with E-state index in [1.54, 1.807) is 6.92 Å². The van der Waals surface area contributed by atoms with Crippen LogP contribution in [0.2, 0.25) is 0 Å². The summed E-state index contributed by atoms with van der Waals surface area (Å²) in [6.45, 7) is 3.37. The fourth-order valence-electron chi connectivity index (χ4n) is 4.21. The summed E-state index contributed by atoms with van der Waals surface area (Å²) in [6, 6.07) is 1.29. The molecular weight excluding hydrogens is 441 g/mol. The number of nitrogens with one attached hydrogen (secondary N) is 2. The number of halogens is 3. The molecule has 1 spiro atoms. The van der Waals surface area contributed by atoms with Crippen LogP contribution in [0.15, 0.2) is 18.3 Å². The number of alkyl halides is 3. The van der Waals surface area contributed by atoms with Crippen LogP contribution in [0.25, 0.3) is 0 Å². The van der Waals surface area contributed by atoms with E-state index in [1.165, 1.54) is 11.0 Å². The molecule has 8 nitrogen and oxygen atoms in total. The monoisotopic (exact) mass is 470 g/mol. The van der Waals surface area contributed by atoms with Gasteiger partial charge in [-0.25, -0.2) is 0 Å². The van der Waals surface area contributed by atoms with E-state index >= 15 is 0 Å². The zero-order valence-corrected chi connectivity index (χ0v) is 18.5. The van der Waals surface area contributed by atoms with Gasteiger partial charge >= 0.3 is 6.18 Å². The van der Waals surface area contributed by atoms with Gasteiger partial charge in [-0.3, -0.25) is 19.4 Å². The number of amides is 3. The first-order chi connectivity index (χ1) is 15.6. The van der Waals surface area contributed by atoms with Gasteiger partial charge in [0.25, 0.3) is 5.91 Å². The topological polar surface area (TPSA) is 101 Å². The molecular formula is C22H29F3N4O4. The van der Waals surface area contributed by atoms with E-state index in [1.807, 2.05) is 0 Å². The van der Waals surface area contributed by atoms with Gasteiger partial charge in [0.05, 0.1) is 12.0 Å². The van der Waals surface area contributed by atoms with E-state index in [9.17, 15) is 27.6 Å².